The van der Waals surface area contributed by atoms with E-state index in [0.29, 0.717) is 5.92 Å². The fourth-order valence-electron chi connectivity index (χ4n) is 3.47. The van der Waals surface area contributed by atoms with Crippen LogP contribution < -0.4 is 0 Å². The van der Waals surface area contributed by atoms with E-state index in [0.717, 1.165) is 0 Å². The summed E-state index contributed by atoms with van der Waals surface area (Å²) >= 11 is 1.74. The number of hydrogen-bond acceptors (Lipinski definition) is 0. The van der Waals surface area contributed by atoms with E-state index in [-0.39, 0.29) is 30.2 Å². The Hall–Kier alpha value is -0.790. The van der Waals surface area contributed by atoms with E-state index in [9.17, 15) is 0 Å². The van der Waals surface area contributed by atoms with Crippen molar-refractivity contribution in [3.63, 3.8) is 0 Å². The SMILES string of the molecule is CC1=[C-]C(C)C(C)=C1C.C[Si](C)=[Zr+2].Cc1ccc(-c2c[cH-]c3ccccc23)cc1C.Cl.Cl. The number of aryl methyl sites for hydroxylation is 2. The third-order valence-electron chi connectivity index (χ3n) is 5.73. The average molecular weight is 563 g/mol. The first kappa shape index (κ1) is 31.2. The van der Waals surface area contributed by atoms with Gasteiger partial charge in [-0.15, -0.1) is 78.4 Å². The van der Waals surface area contributed by atoms with Gasteiger partial charge in [-0.25, -0.2) is 5.57 Å². The Morgan fingerprint density at radius 3 is 1.97 bits per heavy atom. The van der Waals surface area contributed by atoms with Crippen LogP contribution in [0.1, 0.15) is 38.8 Å². The third-order valence-corrected chi connectivity index (χ3v) is 5.73. The molecule has 32 heavy (non-hydrogen) atoms. The molecule has 0 saturated heterocycles. The molecule has 0 fully saturated rings. The summed E-state index contributed by atoms with van der Waals surface area (Å²) in [6.07, 6.45) is 3.36. The van der Waals surface area contributed by atoms with E-state index in [1.165, 1.54) is 49.7 Å². The van der Waals surface area contributed by atoms with Crippen LogP contribution in [-0.4, -0.2) is 5.43 Å². The minimum atomic E-state index is 0. The zero-order valence-corrected chi connectivity index (χ0v) is 25.7. The minimum Gasteiger partial charge on any atom is -0.150 e. The van der Waals surface area contributed by atoms with Gasteiger partial charge in [0.1, 0.15) is 0 Å². The number of halogens is 2. The minimum absolute atomic E-state index is 0. The first-order chi connectivity index (χ1) is 14.1. The van der Waals surface area contributed by atoms with Crippen LogP contribution in [0, 0.1) is 25.8 Å². The van der Waals surface area contributed by atoms with Gasteiger partial charge in [0.15, 0.2) is 0 Å². The molecule has 0 saturated carbocycles. The van der Waals surface area contributed by atoms with E-state index in [2.05, 4.69) is 115 Å². The molecule has 4 heteroatoms. The fourth-order valence-corrected chi connectivity index (χ4v) is 3.47. The smallest absolute Gasteiger partial charge is 0.0395 e. The molecule has 0 nitrogen and oxygen atoms in total. The molecule has 1 atom stereocenters. The van der Waals surface area contributed by atoms with Crippen molar-refractivity contribution in [3.8, 4) is 11.1 Å². The summed E-state index contributed by atoms with van der Waals surface area (Å²) in [6.45, 7) is 17.6. The van der Waals surface area contributed by atoms with Crippen molar-refractivity contribution in [1.82, 2.24) is 0 Å². The summed E-state index contributed by atoms with van der Waals surface area (Å²) in [5.41, 5.74) is 9.81. The van der Waals surface area contributed by atoms with Crippen LogP contribution in [0.15, 0.2) is 71.3 Å². The third kappa shape index (κ3) is 8.53. The van der Waals surface area contributed by atoms with Crippen LogP contribution >= 0.6 is 24.8 Å². The first-order valence-electron chi connectivity index (χ1n) is 10.6. The van der Waals surface area contributed by atoms with Crippen LogP contribution in [0.5, 0.6) is 0 Å². The molecule has 0 amide bonds. The zero-order valence-electron chi connectivity index (χ0n) is 20.6. The summed E-state index contributed by atoms with van der Waals surface area (Å²) in [6, 6.07) is 19.7. The van der Waals surface area contributed by atoms with Gasteiger partial charge in [-0.1, -0.05) is 56.5 Å². The summed E-state index contributed by atoms with van der Waals surface area (Å²) in [7, 11) is 0. The van der Waals surface area contributed by atoms with E-state index in [4.69, 9.17) is 0 Å². The molecule has 1 aliphatic rings. The summed E-state index contributed by atoms with van der Waals surface area (Å²) in [5, 5.41) is 2.66. The van der Waals surface area contributed by atoms with Crippen LogP contribution in [0.3, 0.4) is 0 Å². The number of hydrogen-bond donors (Lipinski definition) is 0. The molecule has 3 aromatic carbocycles. The predicted molar refractivity (Wildman–Crippen MR) is 146 cm³/mol. The fraction of sp³-hybridized carbons (Fsp3) is 0.321. The second-order valence-electron chi connectivity index (χ2n) is 8.43. The van der Waals surface area contributed by atoms with Gasteiger partial charge in [-0.05, 0) is 25.0 Å². The quantitative estimate of drug-likeness (QED) is 0.205. The Kier molecular flexibility index (Phi) is 14.1. The Balaban J connectivity index is 0.000000547. The zero-order chi connectivity index (χ0) is 22.4. The summed E-state index contributed by atoms with van der Waals surface area (Å²) in [5.74, 6) is 0.560. The van der Waals surface area contributed by atoms with Gasteiger partial charge in [0.2, 0.25) is 0 Å². The molecule has 0 spiro atoms. The summed E-state index contributed by atoms with van der Waals surface area (Å²) in [4.78, 5) is 0. The molecule has 0 heterocycles. The van der Waals surface area contributed by atoms with Gasteiger partial charge < -0.3 is 0 Å². The number of rotatable bonds is 1. The molecule has 0 bridgehead atoms. The number of fused-ring (bicyclic) bond motifs is 1. The largest absolute Gasteiger partial charge is 0.150 e. The molecule has 0 aromatic heterocycles. The van der Waals surface area contributed by atoms with Crippen molar-refractivity contribution >= 4 is 41.0 Å². The molecule has 1 aliphatic carbocycles. The normalized spacial score (nSPS) is 14.3. The van der Waals surface area contributed by atoms with Crippen LogP contribution in [-0.2, 0) is 23.3 Å². The second kappa shape index (κ2) is 14.5. The van der Waals surface area contributed by atoms with E-state index >= 15 is 0 Å². The molecular formula is C28H36Cl2SiZr. The van der Waals surface area contributed by atoms with Crippen LogP contribution in [0.4, 0.5) is 0 Å². The van der Waals surface area contributed by atoms with E-state index in [1.54, 1.807) is 23.3 Å². The molecule has 0 N–H and O–H groups in total. The molecule has 3 aromatic rings. The van der Waals surface area contributed by atoms with Crippen molar-refractivity contribution in [1.29, 1.82) is 0 Å². The van der Waals surface area contributed by atoms with Crippen molar-refractivity contribution < 1.29 is 23.3 Å². The van der Waals surface area contributed by atoms with Crippen molar-refractivity contribution in [2.45, 2.75) is 54.6 Å². The molecule has 170 valence electrons. The van der Waals surface area contributed by atoms with Gasteiger partial charge in [-0.3, -0.25) is 6.08 Å². The average Bonchev–Trinajstić information content (AvgIpc) is 3.21. The van der Waals surface area contributed by atoms with Gasteiger partial charge >= 0.3 is 41.9 Å². The molecular weight excluding hydrogens is 527 g/mol. The predicted octanol–water partition coefficient (Wildman–Crippen LogP) is 9.19. The maximum atomic E-state index is 3.36. The van der Waals surface area contributed by atoms with Gasteiger partial charge in [-0.2, -0.15) is 11.1 Å². The Morgan fingerprint density at radius 2 is 1.50 bits per heavy atom. The molecule has 0 radical (unpaired) electrons. The topological polar surface area (TPSA) is 0 Å². The molecule has 0 aliphatic heterocycles. The first-order valence-corrected chi connectivity index (χ1v) is 16.8. The van der Waals surface area contributed by atoms with Crippen molar-refractivity contribution in [2.24, 2.45) is 5.92 Å². The second-order valence-corrected chi connectivity index (χ2v) is 17.8. The van der Waals surface area contributed by atoms with Crippen LogP contribution in [0.25, 0.3) is 21.9 Å². The van der Waals surface area contributed by atoms with Gasteiger partial charge in [0.25, 0.3) is 0 Å². The monoisotopic (exact) mass is 560 g/mol. The van der Waals surface area contributed by atoms with Crippen molar-refractivity contribution in [3.05, 3.63) is 88.5 Å². The van der Waals surface area contributed by atoms with Crippen molar-refractivity contribution in [2.75, 3.05) is 0 Å². The van der Waals surface area contributed by atoms with E-state index < -0.39 is 0 Å². The Bertz CT molecular complexity index is 1100. The molecule has 4 rings (SSSR count). The standard InChI is InChI=1S/C17H15.C9H13.C2H6Si.2ClH.Zr/c1-12-7-8-15(11-13(12)2)17-10-9-14-5-3-4-6-16(14)17;1-6-5-7(2)9(4)8(6)3;1-3-2;;;/h3-11H,1-2H3;6H,1-4H3;1-2H3;2*1H;/q2*-1;;;;+2. The molecule has 1 unspecified atom stereocenters. The maximum absolute atomic E-state index is 3.36. The Morgan fingerprint density at radius 1 is 0.906 bits per heavy atom. The maximum Gasteiger partial charge on any atom is -0.0395 e. The summed E-state index contributed by atoms with van der Waals surface area (Å²) < 4.78 is 0. The van der Waals surface area contributed by atoms with Gasteiger partial charge in [0.05, 0.1) is 0 Å². The van der Waals surface area contributed by atoms with Gasteiger partial charge in [0, 0.05) is 0 Å². The Labute approximate surface area is 223 Å². The van der Waals surface area contributed by atoms with Crippen LogP contribution in [0.2, 0.25) is 13.1 Å². The number of allylic oxidation sites excluding steroid dienone is 4. The number of benzene rings is 2. The van der Waals surface area contributed by atoms with E-state index in [1.807, 2.05) is 0 Å².